The zero-order valence-electron chi connectivity index (χ0n) is 26.6. The fourth-order valence-electron chi connectivity index (χ4n) is 8.92. The van der Waals surface area contributed by atoms with Gasteiger partial charge in [-0.25, -0.2) is 0 Å². The Kier molecular flexibility index (Phi) is 8.41. The Balaban J connectivity index is 1.92. The van der Waals surface area contributed by atoms with Crippen molar-refractivity contribution in [1.82, 2.24) is 0 Å². The minimum absolute atomic E-state index is 0.0626. The molecule has 3 aliphatic rings. The molecule has 4 rings (SSSR count). The average molecular weight is 621 g/mol. The first-order valence-electron chi connectivity index (χ1n) is 15.4. The molecule has 3 aliphatic carbocycles. The number of alkyl halides is 3. The number of aryl methyl sites for hydroxylation is 1. The van der Waals surface area contributed by atoms with Crippen molar-refractivity contribution in [2.45, 2.75) is 105 Å². The molecular formula is C34H43F3O7. The predicted molar refractivity (Wildman–Crippen MR) is 155 cm³/mol. The number of aromatic hydroxyl groups is 1. The number of carbonyl (C=O) groups is 5. The number of fused-ring (bicyclic) bond motifs is 3. The van der Waals surface area contributed by atoms with Gasteiger partial charge in [-0.1, -0.05) is 54.5 Å². The van der Waals surface area contributed by atoms with Crippen LogP contribution in [0.15, 0.2) is 6.07 Å². The van der Waals surface area contributed by atoms with Crippen LogP contribution in [0.4, 0.5) is 13.2 Å². The third-order valence-corrected chi connectivity index (χ3v) is 10.8. The lowest BCUT2D eigenvalue weighted by molar-refractivity contribution is -0.205. The van der Waals surface area contributed by atoms with Crippen molar-refractivity contribution in [2.24, 2.45) is 40.4 Å². The second-order valence-electron chi connectivity index (χ2n) is 14.5. The average Bonchev–Trinajstić information content (AvgIpc) is 2.86. The zero-order chi connectivity index (χ0) is 33.5. The fourth-order valence-corrected chi connectivity index (χ4v) is 8.92. The Morgan fingerprint density at radius 2 is 1.66 bits per heavy atom. The molecule has 0 saturated heterocycles. The van der Waals surface area contributed by atoms with Gasteiger partial charge in [0.15, 0.2) is 28.7 Å². The predicted octanol–water partition coefficient (Wildman–Crippen LogP) is 5.74. The SMILES string of the molecule is CCC(CCc1cc(C(C)C)c2c(c1O)C(=O)C1C(=O)[C@@]3(O)C(=O)C(C(C)=O)C(=O)C(C(C)C)[C@@]3(C)C[C@@]1(C)C2)C(F)(F)F. The van der Waals surface area contributed by atoms with Gasteiger partial charge in [0.05, 0.1) is 17.4 Å². The third kappa shape index (κ3) is 4.69. The third-order valence-electron chi connectivity index (χ3n) is 10.8. The van der Waals surface area contributed by atoms with Crippen LogP contribution in [0.2, 0.25) is 0 Å². The minimum atomic E-state index is -4.42. The van der Waals surface area contributed by atoms with Crippen molar-refractivity contribution in [1.29, 1.82) is 0 Å². The number of phenols is 1. The zero-order valence-corrected chi connectivity index (χ0v) is 26.6. The minimum Gasteiger partial charge on any atom is -0.507 e. The lowest BCUT2D eigenvalue weighted by Gasteiger charge is -2.62. The number of hydrogen-bond donors (Lipinski definition) is 2. The lowest BCUT2D eigenvalue weighted by atomic mass is 9.39. The number of carbonyl (C=O) groups excluding carboxylic acids is 5. The van der Waals surface area contributed by atoms with E-state index in [1.165, 1.54) is 13.8 Å². The molecule has 2 N–H and O–H groups in total. The molecule has 1 aromatic carbocycles. The van der Waals surface area contributed by atoms with Crippen LogP contribution in [0.25, 0.3) is 0 Å². The summed E-state index contributed by atoms with van der Waals surface area (Å²) in [4.78, 5) is 68.8. The number of rotatable bonds is 7. The van der Waals surface area contributed by atoms with Gasteiger partial charge in [0.1, 0.15) is 17.5 Å². The molecule has 0 radical (unpaired) electrons. The maximum atomic E-state index is 14.5. The van der Waals surface area contributed by atoms with Gasteiger partial charge in [-0.05, 0) is 73.0 Å². The van der Waals surface area contributed by atoms with Gasteiger partial charge in [0.25, 0.3) is 0 Å². The molecule has 10 heteroatoms. The summed E-state index contributed by atoms with van der Waals surface area (Å²) < 4.78 is 40.5. The molecule has 0 bridgehead atoms. The Hall–Kier alpha value is -2.88. The Labute approximate surface area is 256 Å². The smallest absolute Gasteiger partial charge is 0.391 e. The van der Waals surface area contributed by atoms with E-state index in [1.54, 1.807) is 26.8 Å². The van der Waals surface area contributed by atoms with Gasteiger partial charge in [0, 0.05) is 11.3 Å². The number of aliphatic hydroxyl groups is 1. The van der Waals surface area contributed by atoms with Crippen LogP contribution < -0.4 is 0 Å². The summed E-state index contributed by atoms with van der Waals surface area (Å²) in [6.07, 6.45) is -4.99. The molecule has 0 spiro atoms. The molecule has 0 aromatic heterocycles. The van der Waals surface area contributed by atoms with E-state index in [9.17, 15) is 47.4 Å². The molecule has 2 saturated carbocycles. The van der Waals surface area contributed by atoms with Crippen molar-refractivity contribution in [3.63, 3.8) is 0 Å². The van der Waals surface area contributed by atoms with Crippen LogP contribution in [0.5, 0.6) is 5.75 Å². The maximum Gasteiger partial charge on any atom is 0.391 e. The van der Waals surface area contributed by atoms with Crippen molar-refractivity contribution in [3.05, 3.63) is 28.3 Å². The fraction of sp³-hybridized carbons (Fsp3) is 0.676. The van der Waals surface area contributed by atoms with Crippen molar-refractivity contribution < 1.29 is 47.4 Å². The van der Waals surface area contributed by atoms with E-state index in [-0.39, 0.29) is 49.1 Å². The second kappa shape index (κ2) is 10.9. The first-order valence-corrected chi connectivity index (χ1v) is 15.4. The van der Waals surface area contributed by atoms with Gasteiger partial charge in [0.2, 0.25) is 0 Å². The highest BCUT2D eigenvalue weighted by molar-refractivity contribution is 6.32. The summed E-state index contributed by atoms with van der Waals surface area (Å²) in [6, 6.07) is 1.64. The quantitative estimate of drug-likeness (QED) is 0.373. The van der Waals surface area contributed by atoms with Gasteiger partial charge in [-0.15, -0.1) is 0 Å². The molecule has 7 nitrogen and oxygen atoms in total. The lowest BCUT2D eigenvalue weighted by Crippen LogP contribution is -2.76. The number of hydrogen-bond acceptors (Lipinski definition) is 7. The van der Waals surface area contributed by atoms with E-state index >= 15 is 0 Å². The van der Waals surface area contributed by atoms with E-state index in [0.717, 1.165) is 6.92 Å². The van der Waals surface area contributed by atoms with E-state index < -0.39 is 86.9 Å². The number of ketones is 5. The normalized spacial score (nSPS) is 32.9. The first kappa shape index (κ1) is 34.0. The van der Waals surface area contributed by atoms with Gasteiger partial charge >= 0.3 is 6.18 Å². The van der Waals surface area contributed by atoms with Gasteiger partial charge in [-0.2, -0.15) is 13.2 Å². The summed E-state index contributed by atoms with van der Waals surface area (Å²) in [5.41, 5.74) is -4.46. The molecule has 0 heterocycles. The molecule has 2 fully saturated rings. The molecule has 242 valence electrons. The van der Waals surface area contributed by atoms with Gasteiger partial charge in [-0.3, -0.25) is 24.0 Å². The van der Waals surface area contributed by atoms with E-state index in [0.29, 0.717) is 11.1 Å². The number of phenolic OH excluding ortho intramolecular Hbond substituents is 1. The number of Topliss-reactive ketones (excluding diaryl/α,β-unsaturated/α-hetero) is 5. The highest BCUT2D eigenvalue weighted by Gasteiger charge is 2.76. The van der Waals surface area contributed by atoms with E-state index in [2.05, 4.69) is 0 Å². The monoisotopic (exact) mass is 620 g/mol. The topological polar surface area (TPSA) is 126 Å². The van der Waals surface area contributed by atoms with Crippen LogP contribution in [0.1, 0.15) is 108 Å². The Bertz CT molecular complexity index is 1440. The van der Waals surface area contributed by atoms with E-state index in [4.69, 9.17) is 0 Å². The van der Waals surface area contributed by atoms with Gasteiger partial charge < -0.3 is 10.2 Å². The summed E-state index contributed by atoms with van der Waals surface area (Å²) in [6.45, 7) is 12.9. The summed E-state index contributed by atoms with van der Waals surface area (Å²) in [5.74, 6) is -11.8. The summed E-state index contributed by atoms with van der Waals surface area (Å²) >= 11 is 0. The van der Waals surface area contributed by atoms with Crippen LogP contribution in [-0.4, -0.2) is 50.9 Å². The highest BCUT2D eigenvalue weighted by atomic mass is 19.4. The summed E-state index contributed by atoms with van der Waals surface area (Å²) in [7, 11) is 0. The largest absolute Gasteiger partial charge is 0.507 e. The molecular weight excluding hydrogens is 577 g/mol. The van der Waals surface area contributed by atoms with Crippen molar-refractivity contribution in [2.75, 3.05) is 0 Å². The van der Waals surface area contributed by atoms with E-state index in [1.807, 2.05) is 13.8 Å². The first-order chi connectivity index (χ1) is 20.1. The number of halogens is 3. The highest BCUT2D eigenvalue weighted by Crippen LogP contribution is 2.64. The van der Waals surface area contributed by atoms with Crippen LogP contribution in [-0.2, 0) is 32.0 Å². The molecule has 0 amide bonds. The molecule has 4 unspecified atom stereocenters. The molecule has 44 heavy (non-hydrogen) atoms. The van der Waals surface area contributed by atoms with Crippen molar-refractivity contribution >= 4 is 28.9 Å². The summed E-state index contributed by atoms with van der Waals surface area (Å²) in [5, 5.41) is 23.5. The Morgan fingerprint density at radius 1 is 1.07 bits per heavy atom. The number of benzene rings is 1. The molecule has 7 atom stereocenters. The maximum absolute atomic E-state index is 14.5. The van der Waals surface area contributed by atoms with Crippen LogP contribution >= 0.6 is 0 Å². The van der Waals surface area contributed by atoms with Crippen molar-refractivity contribution in [3.8, 4) is 5.75 Å². The Morgan fingerprint density at radius 3 is 2.14 bits per heavy atom. The molecule has 0 aliphatic heterocycles. The standard InChI is InChI=1S/C34H43F3O7/c1-9-19(34(35,36)37)11-10-18-12-20(15(2)3)21-13-31(7)14-32(8)24(16(4)5)27(40)22(17(6)38)29(42)33(32,44)30(43)25(31)28(41)23(21)26(18)39/h12,15-16,19,22,24-25,39,44H,9-11,13-14H2,1-8H3/t19?,22?,24?,25?,31-,32-,33+/m1/s1. The van der Waals surface area contributed by atoms with Crippen LogP contribution in [0, 0.1) is 40.4 Å². The van der Waals surface area contributed by atoms with Crippen LogP contribution in [0.3, 0.4) is 0 Å². The second-order valence-corrected chi connectivity index (χ2v) is 14.5. The molecule has 1 aromatic rings.